The van der Waals surface area contributed by atoms with Crippen LogP contribution in [0.4, 0.5) is 4.79 Å². The van der Waals surface area contributed by atoms with Crippen molar-refractivity contribution in [2.45, 2.75) is 0 Å². The molecule has 0 fully saturated rings. The van der Waals surface area contributed by atoms with E-state index in [0.29, 0.717) is 0 Å². The molecule has 0 aliphatic carbocycles. The maximum absolute atomic E-state index is 10.1. The van der Waals surface area contributed by atoms with E-state index in [0.717, 1.165) is 4.72 Å². The molecule has 0 atom stereocenters. The summed E-state index contributed by atoms with van der Waals surface area (Å²) in [7, 11) is -8.28. The third-order valence-electron chi connectivity index (χ3n) is 0.426. The first-order valence-corrected chi connectivity index (χ1v) is 5.09. The van der Waals surface area contributed by atoms with Gasteiger partial charge in [0.15, 0.2) is 0 Å². The maximum atomic E-state index is 10.1. The van der Waals surface area contributed by atoms with E-state index in [-0.39, 0.29) is 0 Å². The van der Waals surface area contributed by atoms with E-state index in [4.69, 9.17) is 0 Å². The van der Waals surface area contributed by atoms with Crippen molar-refractivity contribution in [1.82, 2.24) is 4.72 Å². The normalized spacial score (nSPS) is 11.3. The molecule has 0 spiro atoms. The van der Waals surface area contributed by atoms with E-state index in [1.807, 2.05) is 0 Å². The smallest absolute Gasteiger partial charge is 0.340 e. The van der Waals surface area contributed by atoms with Crippen LogP contribution in [0.5, 0.6) is 0 Å². The van der Waals surface area contributed by atoms with Crippen molar-refractivity contribution in [3.8, 4) is 0 Å². The fraction of sp³-hybridized carbons (Fsp3) is 0. The molecule has 10 heavy (non-hydrogen) atoms. The summed E-state index contributed by atoms with van der Waals surface area (Å²) in [5.41, 5.74) is 4.32. The number of hydrogen-bond acceptors (Lipinski definition) is 5. The topological polar surface area (TPSA) is 123 Å². The molecule has 7 nitrogen and oxygen atoms in total. The van der Waals surface area contributed by atoms with E-state index in [2.05, 4.69) is 5.73 Å². The fourth-order valence-electron chi connectivity index (χ4n) is 0.164. The van der Waals surface area contributed by atoms with Gasteiger partial charge in [-0.2, -0.15) is 8.42 Å². The maximum Gasteiger partial charge on any atom is 0.340 e. The summed E-state index contributed by atoms with van der Waals surface area (Å²) in [6, 6.07) is -1.43. The molecule has 0 aromatic rings. The molecule has 0 bridgehead atoms. The van der Waals surface area contributed by atoms with Gasteiger partial charge in [-0.3, -0.25) is 0 Å². The van der Waals surface area contributed by atoms with Gasteiger partial charge in [-0.1, -0.05) is 0 Å². The number of nitrogens with one attached hydrogen (secondary N) is 1. The summed E-state index contributed by atoms with van der Waals surface area (Å²) in [6.45, 7) is 0. The van der Waals surface area contributed by atoms with Crippen LogP contribution in [0.2, 0.25) is 0 Å². The van der Waals surface area contributed by atoms with Crippen molar-refractivity contribution in [3.63, 3.8) is 0 Å². The largest absolute Gasteiger partial charge is 0.351 e. The lowest BCUT2D eigenvalue weighted by Gasteiger charge is -1.92. The Morgan fingerprint density at radius 3 is 1.90 bits per heavy atom. The van der Waals surface area contributed by atoms with E-state index < -0.39 is 24.8 Å². The van der Waals surface area contributed by atoms with E-state index in [1.54, 1.807) is 0 Å². The lowest BCUT2D eigenvalue weighted by molar-refractivity contribution is 0.253. The SMILES string of the molecule is NC(=O)NS(=O)(=O)[SH](=O)=O. The Morgan fingerprint density at radius 1 is 1.40 bits per heavy atom. The summed E-state index contributed by atoms with van der Waals surface area (Å²) in [5, 5.41) is 0. The molecule has 0 aromatic heterocycles. The molecule has 0 heterocycles. The zero-order valence-corrected chi connectivity index (χ0v) is 6.18. The van der Waals surface area contributed by atoms with Crippen LogP contribution in [0.1, 0.15) is 0 Å². The number of hydrogen-bond donors (Lipinski definition) is 3. The van der Waals surface area contributed by atoms with Gasteiger partial charge in [0.2, 0.25) is 0 Å². The highest BCUT2D eigenvalue weighted by Crippen LogP contribution is 1.80. The van der Waals surface area contributed by atoms with Gasteiger partial charge in [-0.05, 0) is 0 Å². The van der Waals surface area contributed by atoms with Crippen LogP contribution in [0.25, 0.3) is 0 Å². The second-order valence-corrected chi connectivity index (χ2v) is 5.10. The number of urea groups is 1. The van der Waals surface area contributed by atoms with Gasteiger partial charge in [-0.15, -0.1) is 0 Å². The predicted octanol–water partition coefficient (Wildman–Crippen LogP) is -2.49. The fourth-order valence-corrected chi connectivity index (χ4v) is 0.987. The molecular weight excluding hydrogens is 184 g/mol. The van der Waals surface area contributed by atoms with Gasteiger partial charge in [0.1, 0.15) is 0 Å². The number of nitrogens with two attached hydrogens (primary N) is 1. The third-order valence-corrected chi connectivity index (χ3v) is 2.73. The number of amides is 2. The summed E-state index contributed by atoms with van der Waals surface area (Å²) in [4.78, 5) is 9.78. The van der Waals surface area contributed by atoms with Crippen molar-refractivity contribution >= 4 is 24.8 Å². The van der Waals surface area contributed by atoms with Gasteiger partial charge in [0, 0.05) is 0 Å². The van der Waals surface area contributed by atoms with E-state index >= 15 is 0 Å². The summed E-state index contributed by atoms with van der Waals surface area (Å²) >= 11 is 0. The van der Waals surface area contributed by atoms with Crippen LogP contribution in [-0.4, -0.2) is 22.9 Å². The summed E-state index contributed by atoms with van der Waals surface area (Å²) in [5.74, 6) is 0. The van der Waals surface area contributed by atoms with Gasteiger partial charge >= 0.3 is 15.1 Å². The van der Waals surface area contributed by atoms with Crippen LogP contribution in [0, 0.1) is 0 Å². The van der Waals surface area contributed by atoms with E-state index in [1.165, 1.54) is 0 Å². The minimum atomic E-state index is -4.57. The number of carbonyl (C=O) groups excluding carboxylic acids is 1. The van der Waals surface area contributed by atoms with Crippen molar-refractivity contribution in [3.05, 3.63) is 0 Å². The van der Waals surface area contributed by atoms with Gasteiger partial charge in [-0.25, -0.2) is 17.9 Å². The Balaban J connectivity index is 4.63. The second kappa shape index (κ2) is 2.84. The Kier molecular flexibility index (Phi) is 2.60. The van der Waals surface area contributed by atoms with Crippen LogP contribution in [0.15, 0.2) is 0 Å². The minimum Gasteiger partial charge on any atom is -0.351 e. The van der Waals surface area contributed by atoms with Gasteiger partial charge in [0.05, 0.1) is 0 Å². The van der Waals surface area contributed by atoms with Crippen LogP contribution >= 0.6 is 0 Å². The lowest BCUT2D eigenvalue weighted by Crippen LogP contribution is -2.35. The van der Waals surface area contributed by atoms with Crippen LogP contribution in [0.3, 0.4) is 0 Å². The first kappa shape index (κ1) is 9.17. The Morgan fingerprint density at radius 2 is 1.80 bits per heavy atom. The molecule has 0 unspecified atom stereocenters. The van der Waals surface area contributed by atoms with Crippen molar-refractivity contribution in [2.24, 2.45) is 5.73 Å². The molecule has 0 rings (SSSR count). The molecule has 0 aliphatic rings. The average Bonchev–Trinajstić information content (AvgIpc) is 1.60. The summed E-state index contributed by atoms with van der Waals surface area (Å²) in [6.07, 6.45) is 0. The van der Waals surface area contributed by atoms with Crippen molar-refractivity contribution < 1.29 is 21.6 Å². The highest BCUT2D eigenvalue weighted by molar-refractivity contribution is 8.58. The number of thiol groups is 1. The second-order valence-electron chi connectivity index (χ2n) is 1.16. The molecule has 0 aromatic carbocycles. The Labute approximate surface area is 57.6 Å². The standard InChI is InChI=1S/CH4N2O5S2/c2-1(4)3-10(7,8)9(5)6/h9H,(H3,2,3,4). The number of rotatable bonds is 2. The van der Waals surface area contributed by atoms with Gasteiger partial charge in [0.25, 0.3) is 9.74 Å². The highest BCUT2D eigenvalue weighted by Gasteiger charge is 2.13. The van der Waals surface area contributed by atoms with Crippen LogP contribution < -0.4 is 10.5 Å². The number of primary amides is 1. The van der Waals surface area contributed by atoms with E-state index in [9.17, 15) is 21.6 Å². The molecule has 0 saturated heterocycles. The monoisotopic (exact) mass is 188 g/mol. The molecular formula is CH4N2O5S2. The van der Waals surface area contributed by atoms with Crippen LogP contribution in [-0.2, 0) is 18.8 Å². The lowest BCUT2D eigenvalue weighted by atomic mass is 11.2. The molecule has 0 radical (unpaired) electrons. The average molecular weight is 188 g/mol. The Bertz CT molecular complexity index is 290. The minimum absolute atomic E-state index is 1.03. The molecule has 9 heteroatoms. The van der Waals surface area contributed by atoms with Crippen molar-refractivity contribution in [1.29, 1.82) is 0 Å². The van der Waals surface area contributed by atoms with Crippen molar-refractivity contribution in [2.75, 3.05) is 0 Å². The molecule has 2 amide bonds. The molecule has 0 saturated carbocycles. The zero-order chi connectivity index (χ0) is 8.36. The van der Waals surface area contributed by atoms with Gasteiger partial charge < -0.3 is 5.73 Å². The zero-order valence-electron chi connectivity index (χ0n) is 4.47. The third kappa shape index (κ3) is 2.64. The first-order valence-electron chi connectivity index (χ1n) is 1.83. The quantitative estimate of drug-likeness (QED) is 0.327. The Hall–Kier alpha value is -0.830. The predicted molar refractivity (Wildman–Crippen MR) is 32.0 cm³/mol. The highest BCUT2D eigenvalue weighted by atomic mass is 33.2. The molecule has 0 aliphatic heterocycles. The number of carbonyl (C=O) groups is 1. The molecule has 60 valence electrons. The molecule has 3 N–H and O–H groups in total. The summed E-state index contributed by atoms with van der Waals surface area (Å²) < 4.78 is 40.8. The first-order chi connectivity index (χ1) is 4.36.